The molecule has 0 aromatic heterocycles. The molecule has 0 saturated carbocycles. The number of benzene rings is 1. The summed E-state index contributed by atoms with van der Waals surface area (Å²) in [7, 11) is 1.32. The monoisotopic (exact) mass is 676 g/mol. The average Bonchev–Trinajstić information content (AvgIpc) is 2.99. The van der Waals surface area contributed by atoms with Crippen molar-refractivity contribution in [3.8, 4) is 0 Å². The smallest absolute Gasteiger partial charge is 0.417 e. The highest BCUT2D eigenvalue weighted by Gasteiger charge is 2.37. The minimum atomic E-state index is -0.722. The Morgan fingerprint density at radius 2 is 1.48 bits per heavy atom. The van der Waals surface area contributed by atoms with Crippen LogP contribution in [0.4, 0.5) is 25.8 Å². The SMILES string of the molecule is CCOC(N)=O.COC(=O)CCNC(=O)C1CCN(c2cccc(N=C3N(C(=O)OC(C)(C)C)CCCN3C(=O)OC(C)(C)C)c2)CC1. The number of rotatable bonds is 7. The first-order valence-electron chi connectivity index (χ1n) is 16.2. The lowest BCUT2D eigenvalue weighted by atomic mass is 9.95. The standard InChI is InChI=1S/C30H45N5O7.C3H7NO2/c1-29(2,3)41-27(38)34-16-9-17-35(28(39)42-30(4,5)6)26(34)32-22-10-8-11-23(20-22)33-18-13-21(14-19-33)25(37)31-15-12-24(36)40-7;1-2-6-3(4)5/h8,10-11,20-21H,9,12-19H2,1-7H3,(H,31,37);2H2,1H3,(H2,4,5). The fourth-order valence-electron chi connectivity index (χ4n) is 4.78. The van der Waals surface area contributed by atoms with Crippen molar-refractivity contribution < 1.29 is 42.9 Å². The number of esters is 1. The van der Waals surface area contributed by atoms with E-state index in [0.29, 0.717) is 57.7 Å². The average molecular weight is 677 g/mol. The molecule has 3 rings (SSSR count). The Hall–Kier alpha value is -4.56. The number of nitrogens with zero attached hydrogens (tertiary/aromatic N) is 4. The Kier molecular flexibility index (Phi) is 14.9. The van der Waals surface area contributed by atoms with Crippen molar-refractivity contribution in [3.05, 3.63) is 24.3 Å². The van der Waals surface area contributed by atoms with Gasteiger partial charge in [-0.25, -0.2) is 29.2 Å². The van der Waals surface area contributed by atoms with Gasteiger partial charge in [0.1, 0.15) is 11.2 Å². The number of amides is 4. The molecule has 1 aromatic rings. The number of ether oxygens (including phenoxy) is 4. The van der Waals surface area contributed by atoms with Crippen LogP contribution in [-0.4, -0.2) is 104 Å². The number of carbonyl (C=O) groups excluding carboxylic acids is 5. The van der Waals surface area contributed by atoms with Gasteiger partial charge in [0.05, 0.1) is 25.8 Å². The largest absolute Gasteiger partial charge is 0.469 e. The molecular formula is C33H52N6O9. The van der Waals surface area contributed by atoms with Crippen LogP contribution in [0.15, 0.2) is 29.3 Å². The molecule has 268 valence electrons. The molecule has 15 nitrogen and oxygen atoms in total. The molecule has 0 radical (unpaired) electrons. The van der Waals surface area contributed by atoms with Crippen molar-refractivity contribution in [2.24, 2.45) is 16.6 Å². The maximum atomic E-state index is 13.2. The number of nitrogens with two attached hydrogens (primary N) is 1. The summed E-state index contributed by atoms with van der Waals surface area (Å²) in [5, 5.41) is 2.82. The van der Waals surface area contributed by atoms with Gasteiger partial charge < -0.3 is 34.9 Å². The van der Waals surface area contributed by atoms with E-state index >= 15 is 0 Å². The summed E-state index contributed by atoms with van der Waals surface area (Å²) in [5.41, 5.74) is 4.58. The Labute approximate surface area is 283 Å². The second-order valence-corrected chi connectivity index (χ2v) is 13.2. The van der Waals surface area contributed by atoms with Crippen LogP contribution in [0.5, 0.6) is 0 Å². The number of carbonyl (C=O) groups is 5. The number of nitrogens with one attached hydrogen (secondary N) is 1. The molecule has 2 fully saturated rings. The van der Waals surface area contributed by atoms with Gasteiger partial charge in [-0.2, -0.15) is 0 Å². The summed E-state index contributed by atoms with van der Waals surface area (Å²) >= 11 is 0. The molecule has 0 bridgehead atoms. The highest BCUT2D eigenvalue weighted by atomic mass is 16.6. The minimum absolute atomic E-state index is 0.0551. The van der Waals surface area contributed by atoms with Crippen molar-refractivity contribution in [1.29, 1.82) is 0 Å². The highest BCUT2D eigenvalue weighted by molar-refractivity contribution is 6.03. The van der Waals surface area contributed by atoms with E-state index in [0.717, 1.165) is 5.69 Å². The van der Waals surface area contributed by atoms with Gasteiger partial charge in [-0.1, -0.05) is 6.07 Å². The molecule has 1 aromatic carbocycles. The van der Waals surface area contributed by atoms with Crippen molar-refractivity contribution in [3.63, 3.8) is 0 Å². The van der Waals surface area contributed by atoms with Gasteiger partial charge in [0.25, 0.3) is 0 Å². The predicted molar refractivity (Wildman–Crippen MR) is 180 cm³/mol. The van der Waals surface area contributed by atoms with Crippen LogP contribution >= 0.6 is 0 Å². The van der Waals surface area contributed by atoms with E-state index in [1.165, 1.54) is 16.9 Å². The molecule has 3 N–H and O–H groups in total. The molecule has 48 heavy (non-hydrogen) atoms. The quantitative estimate of drug-likeness (QED) is 0.307. The third-order valence-corrected chi connectivity index (χ3v) is 6.91. The third kappa shape index (κ3) is 13.7. The number of piperidine rings is 1. The number of primary amides is 1. The van der Waals surface area contributed by atoms with E-state index in [9.17, 15) is 24.0 Å². The van der Waals surface area contributed by atoms with E-state index in [2.05, 4.69) is 25.4 Å². The molecule has 2 aliphatic heterocycles. The Morgan fingerprint density at radius 3 is 1.94 bits per heavy atom. The Bertz CT molecular complexity index is 1260. The van der Waals surface area contributed by atoms with Gasteiger partial charge in [-0.05, 0) is 85.9 Å². The van der Waals surface area contributed by atoms with Crippen molar-refractivity contribution in [2.45, 2.75) is 85.4 Å². The molecule has 0 aliphatic carbocycles. The summed E-state index contributed by atoms with van der Waals surface area (Å²) in [6.45, 7) is 15.1. The third-order valence-electron chi connectivity index (χ3n) is 6.91. The molecule has 2 heterocycles. The summed E-state index contributed by atoms with van der Waals surface area (Å²) in [5.74, 6) is -0.385. The number of hydrogen-bond donors (Lipinski definition) is 2. The number of hydrogen-bond acceptors (Lipinski definition) is 11. The van der Waals surface area contributed by atoms with Crippen LogP contribution in [0.3, 0.4) is 0 Å². The van der Waals surface area contributed by atoms with Gasteiger partial charge >= 0.3 is 24.2 Å². The van der Waals surface area contributed by atoms with Crippen LogP contribution in [0, 0.1) is 5.92 Å². The molecule has 2 aliphatic rings. The normalized spacial score (nSPS) is 15.4. The van der Waals surface area contributed by atoms with E-state index in [1.807, 2.05) is 24.3 Å². The topological polar surface area (TPSA) is 182 Å². The second-order valence-electron chi connectivity index (χ2n) is 13.2. The summed E-state index contributed by atoms with van der Waals surface area (Å²) < 4.78 is 20.1. The van der Waals surface area contributed by atoms with Crippen LogP contribution in [0.25, 0.3) is 0 Å². The van der Waals surface area contributed by atoms with E-state index < -0.39 is 29.5 Å². The summed E-state index contributed by atoms with van der Waals surface area (Å²) in [4.78, 5) is 69.5. The van der Waals surface area contributed by atoms with Crippen LogP contribution in [0.1, 0.15) is 74.1 Å². The molecule has 0 atom stereocenters. The van der Waals surface area contributed by atoms with Gasteiger partial charge in [-0.3, -0.25) is 9.59 Å². The zero-order valence-corrected chi connectivity index (χ0v) is 29.5. The van der Waals surface area contributed by atoms with Crippen molar-refractivity contribution in [1.82, 2.24) is 15.1 Å². The number of methoxy groups -OCH3 is 1. The lowest BCUT2D eigenvalue weighted by Gasteiger charge is -2.37. The summed E-state index contributed by atoms with van der Waals surface area (Å²) in [6, 6.07) is 7.56. The molecule has 4 amide bonds. The van der Waals surface area contributed by atoms with Gasteiger partial charge in [0.2, 0.25) is 11.9 Å². The van der Waals surface area contributed by atoms with Crippen LogP contribution in [-0.2, 0) is 28.5 Å². The molecular weight excluding hydrogens is 624 g/mol. The number of guanidine groups is 1. The van der Waals surface area contributed by atoms with E-state index in [4.69, 9.17) is 14.5 Å². The maximum Gasteiger partial charge on any atom is 0.417 e. The zero-order valence-electron chi connectivity index (χ0n) is 29.5. The van der Waals surface area contributed by atoms with Crippen LogP contribution < -0.4 is 16.0 Å². The maximum absolute atomic E-state index is 13.2. The summed E-state index contributed by atoms with van der Waals surface area (Å²) in [6.07, 6.45) is 0.145. The molecule has 0 unspecified atom stereocenters. The zero-order chi connectivity index (χ0) is 36.1. The first-order valence-corrected chi connectivity index (χ1v) is 16.2. The van der Waals surface area contributed by atoms with Crippen LogP contribution in [0.2, 0.25) is 0 Å². The fraction of sp³-hybridized carbons (Fsp3) is 0.636. The predicted octanol–water partition coefficient (Wildman–Crippen LogP) is 4.55. The Morgan fingerprint density at radius 1 is 0.917 bits per heavy atom. The van der Waals surface area contributed by atoms with Gasteiger partial charge in [0.15, 0.2) is 0 Å². The first kappa shape index (κ1) is 39.6. The molecule has 15 heteroatoms. The lowest BCUT2D eigenvalue weighted by Crippen LogP contribution is -2.56. The minimum Gasteiger partial charge on any atom is -0.469 e. The number of aliphatic imine (C=N–C) groups is 1. The van der Waals surface area contributed by atoms with Gasteiger partial charge in [-0.15, -0.1) is 0 Å². The lowest BCUT2D eigenvalue weighted by molar-refractivity contribution is -0.140. The highest BCUT2D eigenvalue weighted by Crippen LogP contribution is 2.28. The van der Waals surface area contributed by atoms with E-state index in [1.54, 1.807) is 48.5 Å². The van der Waals surface area contributed by atoms with Gasteiger partial charge in [0, 0.05) is 44.3 Å². The fourth-order valence-corrected chi connectivity index (χ4v) is 4.78. The van der Waals surface area contributed by atoms with Crippen molar-refractivity contribution >= 4 is 47.5 Å². The number of anilines is 1. The van der Waals surface area contributed by atoms with E-state index in [-0.39, 0.29) is 36.7 Å². The second kappa shape index (κ2) is 18.1. The first-order chi connectivity index (χ1) is 22.4. The molecule has 2 saturated heterocycles. The Balaban J connectivity index is 0.00000122. The van der Waals surface area contributed by atoms with Crippen molar-refractivity contribution in [2.75, 3.05) is 51.3 Å². The molecule has 0 spiro atoms.